The van der Waals surface area contributed by atoms with E-state index < -0.39 is 23.8 Å². The van der Waals surface area contributed by atoms with Crippen LogP contribution in [0.5, 0.6) is 5.75 Å². The monoisotopic (exact) mass is 396 g/mol. The van der Waals surface area contributed by atoms with Gasteiger partial charge in [0.05, 0.1) is 22.8 Å². The number of rotatable bonds is 5. The van der Waals surface area contributed by atoms with E-state index in [0.717, 1.165) is 10.5 Å². The molecule has 3 aromatic rings. The summed E-state index contributed by atoms with van der Waals surface area (Å²) in [6, 6.07) is 22.6. The summed E-state index contributed by atoms with van der Waals surface area (Å²) >= 11 is 0. The average Bonchev–Trinajstić information content (AvgIpc) is 3.03. The lowest BCUT2D eigenvalue weighted by molar-refractivity contribution is -0.138. The van der Waals surface area contributed by atoms with Gasteiger partial charge in [0.1, 0.15) is 11.8 Å². The molecule has 146 valence electrons. The molecule has 6 nitrogen and oxygen atoms in total. The van der Waals surface area contributed by atoms with Crippen molar-refractivity contribution in [3.63, 3.8) is 0 Å². The molecule has 1 atom stereocenters. The molecule has 0 saturated carbocycles. The van der Waals surface area contributed by atoms with Gasteiger partial charge in [0.2, 0.25) is 0 Å². The number of amides is 2. The van der Waals surface area contributed by atoms with Crippen LogP contribution in [-0.2, 0) is 11.2 Å². The topological polar surface area (TPSA) is 87.5 Å². The van der Waals surface area contributed by atoms with Crippen LogP contribution < -0.4 is 4.74 Å². The first-order chi connectivity index (χ1) is 14.6. The van der Waals surface area contributed by atoms with Crippen LogP contribution in [0, 0.1) is 11.3 Å². The van der Waals surface area contributed by atoms with E-state index in [1.807, 2.05) is 36.4 Å². The summed E-state index contributed by atoms with van der Waals surface area (Å²) in [7, 11) is 0. The third-order valence-electron chi connectivity index (χ3n) is 4.86. The summed E-state index contributed by atoms with van der Waals surface area (Å²) in [5.41, 5.74) is 1.64. The molecule has 0 spiro atoms. The number of benzene rings is 3. The van der Waals surface area contributed by atoms with Crippen LogP contribution in [0.3, 0.4) is 0 Å². The summed E-state index contributed by atoms with van der Waals surface area (Å²) in [4.78, 5) is 40.0. The SMILES string of the molecule is N#Cc1cccc(OC(=O)[C@H](Cc2ccccc2)N2C(=O)c3ccccc3C2=O)c1. The molecule has 1 heterocycles. The number of fused-ring (bicyclic) bond motifs is 1. The van der Waals surface area contributed by atoms with E-state index in [4.69, 9.17) is 10.00 Å². The highest BCUT2D eigenvalue weighted by molar-refractivity contribution is 6.22. The van der Waals surface area contributed by atoms with Gasteiger partial charge in [-0.3, -0.25) is 14.5 Å². The maximum Gasteiger partial charge on any atom is 0.335 e. The first-order valence-corrected chi connectivity index (χ1v) is 9.31. The highest BCUT2D eigenvalue weighted by atomic mass is 16.5. The Hall–Kier alpha value is -4.24. The molecule has 0 aliphatic carbocycles. The lowest BCUT2D eigenvalue weighted by atomic mass is 10.0. The molecule has 0 radical (unpaired) electrons. The Bertz CT molecular complexity index is 1150. The second kappa shape index (κ2) is 8.02. The second-order valence-electron chi connectivity index (χ2n) is 6.79. The van der Waals surface area contributed by atoms with Crippen molar-refractivity contribution in [2.24, 2.45) is 0 Å². The number of carbonyl (C=O) groups is 3. The maximum atomic E-state index is 13.1. The van der Waals surface area contributed by atoms with Gasteiger partial charge in [0, 0.05) is 6.42 Å². The minimum atomic E-state index is -1.15. The molecule has 1 aliphatic rings. The van der Waals surface area contributed by atoms with Gasteiger partial charge in [0.15, 0.2) is 0 Å². The Morgan fingerprint density at radius 3 is 2.17 bits per heavy atom. The molecule has 0 unspecified atom stereocenters. The quantitative estimate of drug-likeness (QED) is 0.375. The first-order valence-electron chi connectivity index (χ1n) is 9.31. The van der Waals surface area contributed by atoms with Gasteiger partial charge in [0.25, 0.3) is 11.8 Å². The van der Waals surface area contributed by atoms with Crippen molar-refractivity contribution in [1.82, 2.24) is 4.90 Å². The zero-order chi connectivity index (χ0) is 21.1. The number of hydrogen-bond acceptors (Lipinski definition) is 5. The first kappa shape index (κ1) is 19.1. The van der Waals surface area contributed by atoms with Crippen LogP contribution in [0.25, 0.3) is 0 Å². The average molecular weight is 396 g/mol. The predicted octanol–water partition coefficient (Wildman–Crippen LogP) is 3.37. The van der Waals surface area contributed by atoms with Gasteiger partial charge in [-0.05, 0) is 35.9 Å². The summed E-state index contributed by atoms with van der Waals surface area (Å²) in [5.74, 6) is -1.63. The lowest BCUT2D eigenvalue weighted by Crippen LogP contribution is -2.48. The highest BCUT2D eigenvalue weighted by Crippen LogP contribution is 2.27. The summed E-state index contributed by atoms with van der Waals surface area (Å²) in [5, 5.41) is 9.05. The largest absolute Gasteiger partial charge is 0.425 e. The van der Waals surface area contributed by atoms with Crippen molar-refractivity contribution >= 4 is 17.8 Å². The van der Waals surface area contributed by atoms with Crippen molar-refractivity contribution in [3.8, 4) is 11.8 Å². The Balaban J connectivity index is 1.68. The molecular formula is C24H16N2O4. The Labute approximate surface area is 172 Å². The molecule has 6 heteroatoms. The minimum absolute atomic E-state index is 0.114. The molecule has 3 aromatic carbocycles. The molecule has 0 fully saturated rings. The van der Waals surface area contributed by atoms with Gasteiger partial charge < -0.3 is 4.74 Å². The summed E-state index contributed by atoms with van der Waals surface area (Å²) < 4.78 is 5.46. The van der Waals surface area contributed by atoms with E-state index >= 15 is 0 Å². The number of ether oxygens (including phenoxy) is 1. The molecular weight excluding hydrogens is 380 g/mol. The van der Waals surface area contributed by atoms with Crippen LogP contribution in [0.1, 0.15) is 31.8 Å². The van der Waals surface area contributed by atoms with Gasteiger partial charge in [-0.1, -0.05) is 48.5 Å². The maximum absolute atomic E-state index is 13.1. The molecule has 0 saturated heterocycles. The summed E-state index contributed by atoms with van der Waals surface area (Å²) in [6.45, 7) is 0. The van der Waals surface area contributed by atoms with Crippen molar-refractivity contribution < 1.29 is 19.1 Å². The van der Waals surface area contributed by atoms with Crippen LogP contribution >= 0.6 is 0 Å². The molecule has 2 amide bonds. The predicted molar refractivity (Wildman–Crippen MR) is 108 cm³/mol. The van der Waals surface area contributed by atoms with Crippen LogP contribution in [0.4, 0.5) is 0 Å². The zero-order valence-electron chi connectivity index (χ0n) is 15.8. The molecule has 0 bridgehead atoms. The molecule has 0 aromatic heterocycles. The minimum Gasteiger partial charge on any atom is -0.425 e. The van der Waals surface area contributed by atoms with Gasteiger partial charge in [-0.2, -0.15) is 5.26 Å². The number of imide groups is 1. The smallest absolute Gasteiger partial charge is 0.335 e. The van der Waals surface area contributed by atoms with E-state index in [9.17, 15) is 14.4 Å². The van der Waals surface area contributed by atoms with Crippen molar-refractivity contribution in [3.05, 3.63) is 101 Å². The Morgan fingerprint density at radius 1 is 0.900 bits per heavy atom. The van der Waals surface area contributed by atoms with Gasteiger partial charge >= 0.3 is 5.97 Å². The molecule has 30 heavy (non-hydrogen) atoms. The third-order valence-corrected chi connectivity index (χ3v) is 4.86. The molecule has 1 aliphatic heterocycles. The van der Waals surface area contributed by atoms with E-state index in [-0.39, 0.29) is 23.3 Å². The Kier molecular flexibility index (Phi) is 5.10. The lowest BCUT2D eigenvalue weighted by Gasteiger charge is -2.24. The zero-order valence-corrected chi connectivity index (χ0v) is 15.8. The number of carbonyl (C=O) groups excluding carboxylic acids is 3. The molecule has 0 N–H and O–H groups in total. The third kappa shape index (κ3) is 3.56. The van der Waals surface area contributed by atoms with Gasteiger partial charge in [-0.15, -0.1) is 0 Å². The van der Waals surface area contributed by atoms with E-state index in [0.29, 0.717) is 5.56 Å². The Morgan fingerprint density at radius 2 is 1.53 bits per heavy atom. The van der Waals surface area contributed by atoms with Crippen LogP contribution in [0.2, 0.25) is 0 Å². The number of nitriles is 1. The normalized spacial score (nSPS) is 13.5. The van der Waals surface area contributed by atoms with Crippen molar-refractivity contribution in [1.29, 1.82) is 5.26 Å². The molecule has 4 rings (SSSR count). The second-order valence-corrected chi connectivity index (χ2v) is 6.79. The fraction of sp³-hybridized carbons (Fsp3) is 0.0833. The van der Waals surface area contributed by atoms with Crippen LogP contribution in [0.15, 0.2) is 78.9 Å². The van der Waals surface area contributed by atoms with Gasteiger partial charge in [-0.25, -0.2) is 4.79 Å². The number of esters is 1. The summed E-state index contributed by atoms with van der Waals surface area (Å²) in [6.07, 6.45) is 0.114. The standard InChI is InChI=1S/C24H16N2O4/c25-15-17-9-6-10-18(13-17)30-24(29)21(14-16-7-2-1-3-8-16)26-22(27)19-11-4-5-12-20(19)23(26)28/h1-13,21H,14H2/t21-/m0/s1. The fourth-order valence-electron chi connectivity index (χ4n) is 3.42. The van der Waals surface area contributed by atoms with E-state index in [1.54, 1.807) is 42.5 Å². The highest BCUT2D eigenvalue weighted by Gasteiger charge is 2.43. The van der Waals surface area contributed by atoms with Crippen molar-refractivity contribution in [2.45, 2.75) is 12.5 Å². The fourth-order valence-corrected chi connectivity index (χ4v) is 3.42. The van der Waals surface area contributed by atoms with Crippen LogP contribution in [-0.4, -0.2) is 28.7 Å². The number of hydrogen-bond donors (Lipinski definition) is 0. The van der Waals surface area contributed by atoms with E-state index in [1.165, 1.54) is 6.07 Å². The van der Waals surface area contributed by atoms with E-state index in [2.05, 4.69) is 0 Å². The van der Waals surface area contributed by atoms with Crippen molar-refractivity contribution in [2.75, 3.05) is 0 Å². The number of nitrogens with zero attached hydrogens (tertiary/aromatic N) is 2.